The van der Waals surface area contributed by atoms with E-state index in [4.69, 9.17) is 20.2 Å². The summed E-state index contributed by atoms with van der Waals surface area (Å²) in [6.45, 7) is 3.86. The van der Waals surface area contributed by atoms with E-state index in [-0.39, 0.29) is 25.0 Å². The highest BCUT2D eigenvalue weighted by molar-refractivity contribution is 5.97. The Morgan fingerprint density at radius 2 is 2.18 bits per heavy atom. The molecular weight excluding hydrogens is 422 g/mol. The molecule has 1 atom stereocenters. The van der Waals surface area contributed by atoms with Crippen LogP contribution in [0.25, 0.3) is 11.1 Å². The number of hydrogen-bond acceptors (Lipinski definition) is 8. The number of nitrogens with one attached hydrogen (secondary N) is 4. The number of nitrogens with zero attached hydrogens (tertiary/aromatic N) is 3. The number of hydrogen-bond donors (Lipinski definition) is 5. The average Bonchev–Trinajstić information content (AvgIpc) is 3.33. The van der Waals surface area contributed by atoms with E-state index < -0.39 is 0 Å². The van der Waals surface area contributed by atoms with Gasteiger partial charge < -0.3 is 30.8 Å². The van der Waals surface area contributed by atoms with Gasteiger partial charge >= 0.3 is 0 Å². The Hall–Kier alpha value is -3.76. The Bertz CT molecular complexity index is 1100. The summed E-state index contributed by atoms with van der Waals surface area (Å²) in [6, 6.07) is 11.3. The second-order valence-corrected chi connectivity index (χ2v) is 7.75. The second-order valence-electron chi connectivity index (χ2n) is 7.75. The normalized spacial score (nSPS) is 15.8. The lowest BCUT2D eigenvalue weighted by atomic mass is 10.00. The number of aromatic nitrogens is 3. The molecule has 1 amide bonds. The first-order chi connectivity index (χ1) is 16.1. The van der Waals surface area contributed by atoms with E-state index in [0.29, 0.717) is 36.1 Å². The lowest BCUT2D eigenvalue weighted by molar-refractivity contribution is -0.116. The highest BCUT2D eigenvalue weighted by atomic mass is 16.5. The molecule has 5 N–H and O–H groups in total. The van der Waals surface area contributed by atoms with Gasteiger partial charge in [-0.3, -0.25) is 9.89 Å². The maximum atomic E-state index is 11.8. The Morgan fingerprint density at radius 1 is 1.36 bits per heavy atom. The minimum atomic E-state index is -0.246. The average molecular weight is 450 g/mol. The molecule has 1 saturated heterocycles. The van der Waals surface area contributed by atoms with Crippen LogP contribution in [0.3, 0.4) is 0 Å². The van der Waals surface area contributed by atoms with E-state index in [1.165, 1.54) is 6.21 Å². The fourth-order valence-corrected chi connectivity index (χ4v) is 3.75. The second kappa shape index (κ2) is 10.2. The first kappa shape index (κ1) is 22.4. The number of carbonyl (C=O) groups is 1. The molecule has 3 aromatic rings. The van der Waals surface area contributed by atoms with Crippen molar-refractivity contribution in [2.75, 3.05) is 41.9 Å². The molecule has 2 aromatic heterocycles. The largest absolute Gasteiger partial charge is 0.396 e. The Balaban J connectivity index is 1.74. The lowest BCUT2D eigenvalue weighted by Gasteiger charge is -2.35. The zero-order valence-corrected chi connectivity index (χ0v) is 18.3. The van der Waals surface area contributed by atoms with Crippen molar-refractivity contribution in [1.82, 2.24) is 15.2 Å². The van der Waals surface area contributed by atoms with Gasteiger partial charge in [-0.25, -0.2) is 4.98 Å². The summed E-state index contributed by atoms with van der Waals surface area (Å²) >= 11 is 0. The van der Waals surface area contributed by atoms with E-state index in [2.05, 4.69) is 32.7 Å². The molecule has 3 heterocycles. The third-order valence-electron chi connectivity index (χ3n) is 5.42. The maximum Gasteiger partial charge on any atom is 0.226 e. The van der Waals surface area contributed by atoms with E-state index in [0.717, 1.165) is 23.5 Å². The van der Waals surface area contributed by atoms with Gasteiger partial charge in [0.2, 0.25) is 5.91 Å². The van der Waals surface area contributed by atoms with Crippen molar-refractivity contribution >= 4 is 35.3 Å². The minimum absolute atomic E-state index is 0.0494. The van der Waals surface area contributed by atoms with Crippen LogP contribution in [-0.2, 0) is 9.53 Å². The zero-order valence-electron chi connectivity index (χ0n) is 18.3. The molecule has 33 heavy (non-hydrogen) atoms. The molecule has 0 aliphatic carbocycles. The molecule has 0 spiro atoms. The SMILES string of the molecule is C[C@@H]1COCCN1c1cc(-c2ccc(NC(=O)CCO)cc2)c(C=N)c(Nc2ccn[nH]2)n1. The van der Waals surface area contributed by atoms with Crippen molar-refractivity contribution in [2.24, 2.45) is 0 Å². The third-order valence-corrected chi connectivity index (χ3v) is 5.42. The van der Waals surface area contributed by atoms with Crippen LogP contribution < -0.4 is 15.5 Å². The number of morpholine rings is 1. The highest BCUT2D eigenvalue weighted by Crippen LogP contribution is 2.33. The quantitative estimate of drug-likeness (QED) is 0.333. The number of H-pyrrole nitrogens is 1. The van der Waals surface area contributed by atoms with Crippen molar-refractivity contribution in [3.8, 4) is 11.1 Å². The number of aromatic amines is 1. The molecule has 0 unspecified atom stereocenters. The lowest BCUT2D eigenvalue weighted by Crippen LogP contribution is -2.44. The molecule has 1 aliphatic heterocycles. The molecule has 0 bridgehead atoms. The van der Waals surface area contributed by atoms with E-state index in [1.807, 2.05) is 18.2 Å². The molecule has 1 fully saturated rings. The van der Waals surface area contributed by atoms with Crippen LogP contribution in [0.2, 0.25) is 0 Å². The number of rotatable bonds is 8. The van der Waals surface area contributed by atoms with Gasteiger partial charge in [-0.15, -0.1) is 0 Å². The van der Waals surface area contributed by atoms with Gasteiger partial charge in [-0.05, 0) is 36.2 Å². The molecule has 1 aliphatic rings. The predicted octanol–water partition coefficient (Wildman–Crippen LogP) is 2.76. The third kappa shape index (κ3) is 5.18. The molecule has 172 valence electrons. The van der Waals surface area contributed by atoms with Crippen LogP contribution in [0.15, 0.2) is 42.6 Å². The highest BCUT2D eigenvalue weighted by Gasteiger charge is 2.23. The van der Waals surface area contributed by atoms with Crippen molar-refractivity contribution in [3.63, 3.8) is 0 Å². The number of aliphatic hydroxyl groups is 1. The van der Waals surface area contributed by atoms with Gasteiger partial charge in [0.25, 0.3) is 0 Å². The van der Waals surface area contributed by atoms with Crippen LogP contribution >= 0.6 is 0 Å². The first-order valence-electron chi connectivity index (χ1n) is 10.8. The van der Waals surface area contributed by atoms with E-state index >= 15 is 0 Å². The number of anilines is 4. The van der Waals surface area contributed by atoms with Crippen LogP contribution in [0, 0.1) is 5.41 Å². The van der Waals surface area contributed by atoms with Crippen LogP contribution in [-0.4, -0.2) is 64.8 Å². The van der Waals surface area contributed by atoms with Crippen molar-refractivity contribution in [3.05, 3.63) is 48.2 Å². The number of benzene rings is 1. The Kier molecular flexibility index (Phi) is 6.96. The summed E-state index contributed by atoms with van der Waals surface area (Å²) in [5.74, 6) is 1.75. The summed E-state index contributed by atoms with van der Waals surface area (Å²) < 4.78 is 5.59. The summed E-state index contributed by atoms with van der Waals surface area (Å²) in [7, 11) is 0. The van der Waals surface area contributed by atoms with E-state index in [1.54, 1.807) is 24.4 Å². The fraction of sp³-hybridized carbons (Fsp3) is 0.304. The van der Waals surface area contributed by atoms with E-state index in [9.17, 15) is 4.79 Å². The van der Waals surface area contributed by atoms with Crippen LogP contribution in [0.1, 0.15) is 18.9 Å². The zero-order chi connectivity index (χ0) is 23.2. The Morgan fingerprint density at radius 3 is 2.85 bits per heavy atom. The summed E-state index contributed by atoms with van der Waals surface area (Å²) in [5.41, 5.74) is 2.99. The van der Waals surface area contributed by atoms with Gasteiger partial charge in [0.05, 0.1) is 38.5 Å². The minimum Gasteiger partial charge on any atom is -0.396 e. The molecule has 1 aromatic carbocycles. The van der Waals surface area contributed by atoms with Crippen molar-refractivity contribution in [1.29, 1.82) is 5.41 Å². The van der Waals surface area contributed by atoms with Gasteiger partial charge in [-0.2, -0.15) is 5.10 Å². The Labute approximate surface area is 191 Å². The molecule has 10 heteroatoms. The molecule has 0 radical (unpaired) electrons. The first-order valence-corrected chi connectivity index (χ1v) is 10.8. The number of amides is 1. The summed E-state index contributed by atoms with van der Waals surface area (Å²) in [4.78, 5) is 18.8. The molecule has 4 rings (SSSR count). The number of ether oxygens (including phenoxy) is 1. The van der Waals surface area contributed by atoms with Gasteiger partial charge in [0, 0.05) is 30.1 Å². The predicted molar refractivity (Wildman–Crippen MR) is 127 cm³/mol. The summed E-state index contributed by atoms with van der Waals surface area (Å²) in [6.07, 6.45) is 2.98. The topological polar surface area (TPSA) is 139 Å². The fourth-order valence-electron chi connectivity index (χ4n) is 3.75. The molecule has 10 nitrogen and oxygen atoms in total. The van der Waals surface area contributed by atoms with Crippen LogP contribution in [0.4, 0.5) is 23.1 Å². The van der Waals surface area contributed by atoms with Crippen molar-refractivity contribution < 1.29 is 14.6 Å². The van der Waals surface area contributed by atoms with Crippen molar-refractivity contribution in [2.45, 2.75) is 19.4 Å². The number of aliphatic hydroxyl groups excluding tert-OH is 1. The van der Waals surface area contributed by atoms with Gasteiger partial charge in [-0.1, -0.05) is 12.1 Å². The number of carbonyl (C=O) groups excluding carboxylic acids is 1. The summed E-state index contributed by atoms with van der Waals surface area (Å²) in [5, 5.41) is 29.9. The van der Waals surface area contributed by atoms with Gasteiger partial charge in [0.1, 0.15) is 17.5 Å². The standard InChI is InChI=1S/C23H27N7O3/c1-15-14-33-11-9-30(15)21-12-18(16-2-4-17(5-3-16)26-22(32)7-10-31)19(13-24)23(28-21)27-20-6-8-25-29-20/h2-6,8,12-13,15,24,31H,7,9-11,14H2,1H3,(H,26,32)(H2,25,27,28,29)/t15-/m1/s1. The monoisotopic (exact) mass is 449 g/mol. The number of pyridine rings is 1. The smallest absolute Gasteiger partial charge is 0.226 e. The maximum absolute atomic E-state index is 11.8. The van der Waals surface area contributed by atoms with Gasteiger partial charge in [0.15, 0.2) is 0 Å². The molecular formula is C23H27N7O3. The van der Waals surface area contributed by atoms with Crippen LogP contribution in [0.5, 0.6) is 0 Å². The molecule has 0 saturated carbocycles.